The summed E-state index contributed by atoms with van der Waals surface area (Å²) in [5.74, 6) is 0.511. The molecule has 116 valence electrons. The molecule has 0 saturated heterocycles. The Kier molecular flexibility index (Phi) is 5.95. The predicted molar refractivity (Wildman–Crippen MR) is 76.9 cm³/mol. The lowest BCUT2D eigenvalue weighted by atomic mass is 10.1. The first-order valence-electron chi connectivity index (χ1n) is 7.10. The Morgan fingerprint density at radius 1 is 1.48 bits per heavy atom. The Morgan fingerprint density at radius 2 is 2.33 bits per heavy atom. The van der Waals surface area contributed by atoms with Crippen molar-refractivity contribution in [3.05, 3.63) is 29.6 Å². The third-order valence-corrected chi connectivity index (χ3v) is 3.29. The fourth-order valence-corrected chi connectivity index (χ4v) is 2.25. The normalized spacial score (nSPS) is 16.4. The van der Waals surface area contributed by atoms with E-state index in [1.807, 2.05) is 0 Å². The topological polar surface area (TPSA) is 59.6 Å². The number of fused-ring (bicyclic) bond motifs is 1. The summed E-state index contributed by atoms with van der Waals surface area (Å²) in [6, 6.07) is 4.57. The van der Waals surface area contributed by atoms with Gasteiger partial charge in [0.25, 0.3) is 0 Å². The van der Waals surface area contributed by atoms with Crippen molar-refractivity contribution in [3.8, 4) is 5.75 Å². The van der Waals surface area contributed by atoms with Crippen LogP contribution in [0.15, 0.2) is 18.2 Å². The number of carbonyl (C=O) groups is 1. The molecule has 6 heteroatoms. The van der Waals surface area contributed by atoms with Gasteiger partial charge in [-0.25, -0.2) is 4.39 Å². The third kappa shape index (κ3) is 4.99. The maximum absolute atomic E-state index is 13.1. The van der Waals surface area contributed by atoms with Gasteiger partial charge in [-0.15, -0.1) is 0 Å². The number of nitrogens with one attached hydrogen (secondary N) is 2. The van der Waals surface area contributed by atoms with Crippen LogP contribution in [0.4, 0.5) is 4.39 Å². The van der Waals surface area contributed by atoms with Gasteiger partial charge in [0.05, 0.1) is 6.61 Å². The molecule has 1 aromatic rings. The van der Waals surface area contributed by atoms with Crippen LogP contribution in [-0.4, -0.2) is 45.4 Å². The van der Waals surface area contributed by atoms with Crippen molar-refractivity contribution in [1.82, 2.24) is 10.6 Å². The summed E-state index contributed by atoms with van der Waals surface area (Å²) >= 11 is 0. The van der Waals surface area contributed by atoms with Gasteiger partial charge in [0.1, 0.15) is 17.7 Å². The minimum atomic E-state index is -0.237. The number of amides is 1. The number of ether oxygens (including phenoxy) is 2. The second kappa shape index (κ2) is 7.95. The molecule has 1 aromatic carbocycles. The molecular formula is C15H21FN2O3. The van der Waals surface area contributed by atoms with E-state index in [1.165, 1.54) is 12.1 Å². The first-order valence-corrected chi connectivity index (χ1v) is 7.10. The van der Waals surface area contributed by atoms with Crippen LogP contribution in [0.3, 0.4) is 0 Å². The van der Waals surface area contributed by atoms with Crippen molar-refractivity contribution in [2.75, 3.05) is 33.4 Å². The molecule has 2 rings (SSSR count). The van der Waals surface area contributed by atoms with Gasteiger partial charge in [-0.2, -0.15) is 0 Å². The fourth-order valence-electron chi connectivity index (χ4n) is 2.25. The van der Waals surface area contributed by atoms with Crippen LogP contribution < -0.4 is 15.4 Å². The average Bonchev–Trinajstić information content (AvgIpc) is 2.85. The zero-order valence-corrected chi connectivity index (χ0v) is 12.2. The van der Waals surface area contributed by atoms with Gasteiger partial charge in [-0.1, -0.05) is 0 Å². The summed E-state index contributed by atoms with van der Waals surface area (Å²) in [4.78, 5) is 11.5. The lowest BCUT2D eigenvalue weighted by molar-refractivity contribution is -0.121. The molecular weight excluding hydrogens is 275 g/mol. The van der Waals surface area contributed by atoms with E-state index < -0.39 is 0 Å². The molecule has 1 unspecified atom stereocenters. The van der Waals surface area contributed by atoms with E-state index >= 15 is 0 Å². The van der Waals surface area contributed by atoms with Crippen molar-refractivity contribution in [2.45, 2.75) is 18.9 Å². The first-order chi connectivity index (χ1) is 10.2. The molecule has 0 bridgehead atoms. The van der Waals surface area contributed by atoms with Crippen LogP contribution >= 0.6 is 0 Å². The van der Waals surface area contributed by atoms with Gasteiger partial charge in [-0.05, 0) is 18.2 Å². The van der Waals surface area contributed by atoms with Gasteiger partial charge in [0.2, 0.25) is 5.91 Å². The van der Waals surface area contributed by atoms with Gasteiger partial charge in [-0.3, -0.25) is 4.79 Å². The minimum absolute atomic E-state index is 0.00153. The standard InChI is InChI=1S/C15H21FN2O3/c1-20-7-6-18-15(19)4-5-17-10-13-9-11-8-12(16)2-3-14(11)21-13/h2-3,8,13,17H,4-7,9-10H2,1H3,(H,18,19). The summed E-state index contributed by atoms with van der Waals surface area (Å²) in [6.45, 7) is 2.27. The van der Waals surface area contributed by atoms with Gasteiger partial charge in [0, 0.05) is 45.1 Å². The summed E-state index contributed by atoms with van der Waals surface area (Å²) in [5.41, 5.74) is 0.902. The number of carbonyl (C=O) groups excluding carboxylic acids is 1. The number of benzene rings is 1. The average molecular weight is 296 g/mol. The molecule has 1 atom stereocenters. The van der Waals surface area contributed by atoms with E-state index in [0.717, 1.165) is 11.3 Å². The second-order valence-corrected chi connectivity index (χ2v) is 4.99. The Balaban J connectivity index is 1.59. The number of hydrogen-bond acceptors (Lipinski definition) is 4. The fraction of sp³-hybridized carbons (Fsp3) is 0.533. The Hall–Kier alpha value is -1.66. The summed E-state index contributed by atoms with van der Waals surface area (Å²) in [5, 5.41) is 5.94. The molecule has 1 amide bonds. The quantitative estimate of drug-likeness (QED) is 0.699. The molecule has 0 radical (unpaired) electrons. The first kappa shape index (κ1) is 15.7. The molecule has 1 heterocycles. The zero-order valence-electron chi connectivity index (χ0n) is 12.2. The van der Waals surface area contributed by atoms with E-state index in [1.54, 1.807) is 13.2 Å². The van der Waals surface area contributed by atoms with E-state index in [9.17, 15) is 9.18 Å². The van der Waals surface area contributed by atoms with Gasteiger partial charge in [0.15, 0.2) is 0 Å². The third-order valence-electron chi connectivity index (χ3n) is 3.29. The molecule has 1 aliphatic rings. The maximum Gasteiger partial charge on any atom is 0.221 e. The molecule has 2 N–H and O–H groups in total. The van der Waals surface area contributed by atoms with Crippen LogP contribution in [0.25, 0.3) is 0 Å². The molecule has 0 aliphatic carbocycles. The van der Waals surface area contributed by atoms with Crippen LogP contribution in [0, 0.1) is 5.82 Å². The lowest BCUT2D eigenvalue weighted by Crippen LogP contribution is -2.34. The van der Waals surface area contributed by atoms with Crippen molar-refractivity contribution in [3.63, 3.8) is 0 Å². The van der Waals surface area contributed by atoms with Crippen LogP contribution in [0.2, 0.25) is 0 Å². The van der Waals surface area contributed by atoms with Gasteiger partial charge < -0.3 is 20.1 Å². The molecule has 5 nitrogen and oxygen atoms in total. The van der Waals surface area contributed by atoms with Gasteiger partial charge >= 0.3 is 0 Å². The van der Waals surface area contributed by atoms with Crippen molar-refractivity contribution in [2.24, 2.45) is 0 Å². The van der Waals surface area contributed by atoms with Crippen molar-refractivity contribution < 1.29 is 18.7 Å². The van der Waals surface area contributed by atoms with Crippen LogP contribution in [0.5, 0.6) is 5.75 Å². The molecule has 21 heavy (non-hydrogen) atoms. The number of hydrogen-bond donors (Lipinski definition) is 2. The minimum Gasteiger partial charge on any atom is -0.488 e. The molecule has 0 fully saturated rings. The van der Waals surface area contributed by atoms with Crippen LogP contribution in [0.1, 0.15) is 12.0 Å². The highest BCUT2D eigenvalue weighted by molar-refractivity contribution is 5.76. The highest BCUT2D eigenvalue weighted by atomic mass is 19.1. The van der Waals surface area contributed by atoms with Crippen molar-refractivity contribution >= 4 is 5.91 Å². The maximum atomic E-state index is 13.1. The number of methoxy groups -OCH3 is 1. The SMILES string of the molecule is COCCNC(=O)CCNCC1Cc2cc(F)ccc2O1. The summed E-state index contributed by atoms with van der Waals surface area (Å²) in [6.07, 6.45) is 1.11. The zero-order chi connectivity index (χ0) is 15.1. The Morgan fingerprint density at radius 3 is 3.14 bits per heavy atom. The predicted octanol–water partition coefficient (Wildman–Crippen LogP) is 0.872. The Bertz CT molecular complexity index is 482. The van der Waals surface area contributed by atoms with E-state index in [-0.39, 0.29) is 17.8 Å². The molecule has 0 saturated carbocycles. The summed E-state index contributed by atoms with van der Waals surface area (Å²) in [7, 11) is 1.60. The largest absolute Gasteiger partial charge is 0.488 e. The Labute approximate surface area is 123 Å². The monoisotopic (exact) mass is 296 g/mol. The molecule has 1 aliphatic heterocycles. The van der Waals surface area contributed by atoms with Crippen LogP contribution in [-0.2, 0) is 16.0 Å². The van der Waals surface area contributed by atoms with Crippen molar-refractivity contribution in [1.29, 1.82) is 0 Å². The van der Waals surface area contributed by atoms with E-state index in [2.05, 4.69) is 10.6 Å². The van der Waals surface area contributed by atoms with E-state index in [4.69, 9.17) is 9.47 Å². The highest BCUT2D eigenvalue weighted by Gasteiger charge is 2.22. The molecule has 0 aromatic heterocycles. The lowest BCUT2D eigenvalue weighted by Gasteiger charge is -2.11. The summed E-state index contributed by atoms with van der Waals surface area (Å²) < 4.78 is 23.6. The smallest absolute Gasteiger partial charge is 0.221 e. The second-order valence-electron chi connectivity index (χ2n) is 4.99. The number of rotatable bonds is 8. The highest BCUT2D eigenvalue weighted by Crippen LogP contribution is 2.28. The van der Waals surface area contributed by atoms with E-state index in [0.29, 0.717) is 39.1 Å². The molecule has 0 spiro atoms. The number of halogens is 1.